The summed E-state index contributed by atoms with van der Waals surface area (Å²) < 4.78 is 0. The molecule has 0 radical (unpaired) electrons. The van der Waals surface area contributed by atoms with E-state index < -0.39 is 5.97 Å². The fourth-order valence-electron chi connectivity index (χ4n) is 3.59. The highest BCUT2D eigenvalue weighted by Gasteiger charge is 2.50. The van der Waals surface area contributed by atoms with Gasteiger partial charge in [-0.2, -0.15) is 0 Å². The van der Waals surface area contributed by atoms with Gasteiger partial charge in [0.1, 0.15) is 0 Å². The van der Waals surface area contributed by atoms with Crippen molar-refractivity contribution in [2.45, 2.75) is 43.9 Å². The lowest BCUT2D eigenvalue weighted by atomic mass is 9.64. The van der Waals surface area contributed by atoms with Crippen molar-refractivity contribution >= 4 is 5.97 Å². The number of carbonyl (C=O) groups is 1. The van der Waals surface area contributed by atoms with Crippen LogP contribution in [0.2, 0.25) is 0 Å². The maximum atomic E-state index is 11.3. The summed E-state index contributed by atoms with van der Waals surface area (Å²) in [5.41, 5.74) is 3.92. The molecule has 2 nitrogen and oxygen atoms in total. The Morgan fingerprint density at radius 3 is 2.75 bits per heavy atom. The number of aryl methyl sites for hydroxylation is 1. The molecule has 1 N–H and O–H groups in total. The zero-order chi connectivity index (χ0) is 11.3. The van der Waals surface area contributed by atoms with Crippen LogP contribution in [0.3, 0.4) is 0 Å². The van der Waals surface area contributed by atoms with Gasteiger partial charge in [0.25, 0.3) is 0 Å². The van der Waals surface area contributed by atoms with Crippen molar-refractivity contribution < 1.29 is 9.90 Å². The van der Waals surface area contributed by atoms with Crippen LogP contribution in [0.25, 0.3) is 0 Å². The molecule has 16 heavy (non-hydrogen) atoms. The van der Waals surface area contributed by atoms with E-state index >= 15 is 0 Å². The quantitative estimate of drug-likeness (QED) is 0.783. The minimum Gasteiger partial charge on any atom is -0.481 e. The molecule has 0 aromatic heterocycles. The van der Waals surface area contributed by atoms with E-state index in [9.17, 15) is 9.90 Å². The summed E-state index contributed by atoms with van der Waals surface area (Å²) in [7, 11) is 0. The first kappa shape index (κ1) is 9.88. The smallest absolute Gasteiger partial charge is 0.311 e. The minimum atomic E-state index is -0.657. The SMILES string of the molecule is Cc1cccc2c1C1(CCC1)CC2C(=O)O. The van der Waals surface area contributed by atoms with Gasteiger partial charge in [-0.3, -0.25) is 4.79 Å². The summed E-state index contributed by atoms with van der Waals surface area (Å²) in [5.74, 6) is -0.925. The van der Waals surface area contributed by atoms with Gasteiger partial charge in [-0.1, -0.05) is 24.6 Å². The van der Waals surface area contributed by atoms with Gasteiger partial charge in [-0.05, 0) is 48.3 Å². The van der Waals surface area contributed by atoms with Gasteiger partial charge in [-0.25, -0.2) is 0 Å². The second-order valence-electron chi connectivity index (χ2n) is 5.27. The first-order chi connectivity index (χ1) is 7.64. The Balaban J connectivity index is 2.18. The van der Waals surface area contributed by atoms with Gasteiger partial charge >= 0.3 is 5.97 Å². The van der Waals surface area contributed by atoms with E-state index in [1.807, 2.05) is 12.1 Å². The third kappa shape index (κ3) is 1.10. The summed E-state index contributed by atoms with van der Waals surface area (Å²) in [6.07, 6.45) is 4.42. The highest BCUT2D eigenvalue weighted by Crippen LogP contribution is 2.57. The molecule has 0 heterocycles. The van der Waals surface area contributed by atoms with Crippen molar-refractivity contribution in [2.75, 3.05) is 0 Å². The molecule has 0 bridgehead atoms. The van der Waals surface area contributed by atoms with Crippen LogP contribution in [0.4, 0.5) is 0 Å². The van der Waals surface area contributed by atoms with E-state index in [0.717, 1.165) is 12.0 Å². The Kier molecular flexibility index (Phi) is 1.91. The fourth-order valence-corrected chi connectivity index (χ4v) is 3.59. The van der Waals surface area contributed by atoms with Crippen LogP contribution in [0.15, 0.2) is 18.2 Å². The molecule has 1 unspecified atom stereocenters. The van der Waals surface area contributed by atoms with Crippen molar-refractivity contribution in [3.8, 4) is 0 Å². The number of aliphatic carboxylic acids is 1. The van der Waals surface area contributed by atoms with E-state index in [1.54, 1.807) is 0 Å². The van der Waals surface area contributed by atoms with Gasteiger partial charge < -0.3 is 5.11 Å². The molecule has 0 amide bonds. The second kappa shape index (κ2) is 3.09. The maximum Gasteiger partial charge on any atom is 0.311 e. The highest BCUT2D eigenvalue weighted by atomic mass is 16.4. The molecule has 84 valence electrons. The predicted molar refractivity (Wildman–Crippen MR) is 61.7 cm³/mol. The average molecular weight is 216 g/mol. The van der Waals surface area contributed by atoms with E-state index in [-0.39, 0.29) is 11.3 Å². The lowest BCUT2D eigenvalue weighted by Gasteiger charge is -2.40. The summed E-state index contributed by atoms with van der Waals surface area (Å²) in [5, 5.41) is 9.30. The zero-order valence-corrected chi connectivity index (χ0v) is 9.49. The van der Waals surface area contributed by atoms with E-state index in [2.05, 4.69) is 13.0 Å². The number of carboxylic acids is 1. The van der Waals surface area contributed by atoms with E-state index in [4.69, 9.17) is 0 Å². The molecule has 1 aromatic rings. The van der Waals surface area contributed by atoms with Crippen molar-refractivity contribution in [1.82, 2.24) is 0 Å². The monoisotopic (exact) mass is 216 g/mol. The van der Waals surface area contributed by atoms with Crippen LogP contribution in [-0.4, -0.2) is 11.1 Å². The third-order valence-corrected chi connectivity index (χ3v) is 4.41. The zero-order valence-electron chi connectivity index (χ0n) is 9.49. The van der Waals surface area contributed by atoms with Gasteiger partial charge in [-0.15, -0.1) is 0 Å². The predicted octanol–water partition coefficient (Wildman–Crippen LogP) is 2.99. The summed E-state index contributed by atoms with van der Waals surface area (Å²) in [6, 6.07) is 6.11. The number of hydrogen-bond acceptors (Lipinski definition) is 1. The molecule has 2 aliphatic rings. The summed E-state index contributed by atoms with van der Waals surface area (Å²) in [4.78, 5) is 11.3. The van der Waals surface area contributed by atoms with Crippen LogP contribution in [0.1, 0.15) is 48.3 Å². The summed E-state index contributed by atoms with van der Waals surface area (Å²) in [6.45, 7) is 2.11. The number of benzene rings is 1. The first-order valence-electron chi connectivity index (χ1n) is 5.97. The second-order valence-corrected chi connectivity index (χ2v) is 5.27. The molecule has 1 saturated carbocycles. The average Bonchev–Trinajstić information content (AvgIpc) is 2.54. The van der Waals surface area contributed by atoms with Gasteiger partial charge in [0.15, 0.2) is 0 Å². The standard InChI is InChI=1S/C14H16O2/c1-9-4-2-5-10-11(13(15)16)8-14(12(9)10)6-3-7-14/h2,4-5,11H,3,6-8H2,1H3,(H,15,16). The van der Waals surface area contributed by atoms with E-state index in [1.165, 1.54) is 30.4 Å². The van der Waals surface area contributed by atoms with Gasteiger partial charge in [0.05, 0.1) is 5.92 Å². The largest absolute Gasteiger partial charge is 0.481 e. The molecule has 1 fully saturated rings. The van der Waals surface area contributed by atoms with Crippen LogP contribution in [-0.2, 0) is 10.2 Å². The number of carboxylic acid groups (broad SMARTS) is 1. The fraction of sp³-hybridized carbons (Fsp3) is 0.500. The molecule has 2 aliphatic carbocycles. The normalized spacial score (nSPS) is 25.2. The van der Waals surface area contributed by atoms with Gasteiger partial charge in [0.2, 0.25) is 0 Å². The molecule has 0 aliphatic heterocycles. The molecule has 1 spiro atoms. The Hall–Kier alpha value is -1.31. The molecular formula is C14H16O2. The lowest BCUT2D eigenvalue weighted by molar-refractivity contribution is -0.139. The van der Waals surface area contributed by atoms with Crippen LogP contribution in [0, 0.1) is 6.92 Å². The minimum absolute atomic E-state index is 0.212. The number of hydrogen-bond donors (Lipinski definition) is 1. The molecular weight excluding hydrogens is 200 g/mol. The molecule has 2 heteroatoms. The lowest BCUT2D eigenvalue weighted by Crippen LogP contribution is -2.32. The van der Waals surface area contributed by atoms with Crippen molar-refractivity contribution in [2.24, 2.45) is 0 Å². The van der Waals surface area contributed by atoms with Crippen LogP contribution < -0.4 is 0 Å². The Morgan fingerprint density at radius 1 is 1.44 bits per heavy atom. The van der Waals surface area contributed by atoms with Crippen molar-refractivity contribution in [3.63, 3.8) is 0 Å². The number of rotatable bonds is 1. The molecule has 1 atom stereocenters. The Bertz CT molecular complexity index is 458. The van der Waals surface area contributed by atoms with Gasteiger partial charge in [0, 0.05) is 0 Å². The van der Waals surface area contributed by atoms with E-state index in [0.29, 0.717) is 0 Å². The Labute approximate surface area is 95.3 Å². The molecule has 0 saturated heterocycles. The first-order valence-corrected chi connectivity index (χ1v) is 5.97. The van der Waals surface area contributed by atoms with Crippen LogP contribution >= 0.6 is 0 Å². The van der Waals surface area contributed by atoms with Crippen molar-refractivity contribution in [1.29, 1.82) is 0 Å². The molecule has 3 rings (SSSR count). The number of fused-ring (bicyclic) bond motifs is 2. The maximum absolute atomic E-state index is 11.3. The topological polar surface area (TPSA) is 37.3 Å². The summed E-state index contributed by atoms with van der Waals surface area (Å²) >= 11 is 0. The van der Waals surface area contributed by atoms with Crippen LogP contribution in [0.5, 0.6) is 0 Å². The third-order valence-electron chi connectivity index (χ3n) is 4.41. The van der Waals surface area contributed by atoms with Crippen molar-refractivity contribution in [3.05, 3.63) is 34.9 Å². The molecule has 1 aromatic carbocycles. The highest BCUT2D eigenvalue weighted by molar-refractivity contribution is 5.79. The Morgan fingerprint density at radius 2 is 2.19 bits per heavy atom.